The Bertz CT molecular complexity index is 1590. The molecule has 4 unspecified atom stereocenters. The van der Waals surface area contributed by atoms with E-state index in [9.17, 15) is 19.5 Å². The second-order valence-corrected chi connectivity index (χ2v) is 11.1. The normalized spacial score (nSPS) is 21.5. The number of benzene rings is 4. The molecule has 214 valence electrons. The summed E-state index contributed by atoms with van der Waals surface area (Å²) in [6.45, 7) is 3.45. The fraction of sp³-hybridized carbons (Fsp3) is 0.206. The van der Waals surface area contributed by atoms with Crippen molar-refractivity contribution in [3.8, 4) is 5.75 Å². The molecule has 1 fully saturated rings. The van der Waals surface area contributed by atoms with Crippen LogP contribution in [0.25, 0.3) is 0 Å². The number of ether oxygens (including phenoxy) is 1. The van der Waals surface area contributed by atoms with E-state index in [1.807, 2.05) is 25.1 Å². The van der Waals surface area contributed by atoms with Gasteiger partial charge < -0.3 is 15.2 Å². The summed E-state index contributed by atoms with van der Waals surface area (Å²) in [5.74, 6) is -2.78. The van der Waals surface area contributed by atoms with Crippen LogP contribution in [0, 0.1) is 12.8 Å². The zero-order valence-electron chi connectivity index (χ0n) is 23.5. The van der Waals surface area contributed by atoms with Gasteiger partial charge >= 0.3 is 12.0 Å². The molecule has 0 aromatic heterocycles. The largest absolute Gasteiger partial charge is 0.497 e. The van der Waals surface area contributed by atoms with Crippen molar-refractivity contribution in [1.82, 2.24) is 4.90 Å². The summed E-state index contributed by atoms with van der Waals surface area (Å²) >= 11 is 6.21. The maximum atomic E-state index is 14.5. The number of anilines is 1. The van der Waals surface area contributed by atoms with Crippen LogP contribution in [-0.2, 0) is 4.79 Å². The molecule has 1 aliphatic heterocycles. The first-order valence-electron chi connectivity index (χ1n) is 13.5. The van der Waals surface area contributed by atoms with Crippen molar-refractivity contribution in [3.05, 3.63) is 130 Å². The number of halogens is 1. The lowest BCUT2D eigenvalue weighted by molar-refractivity contribution is -0.148. The number of nitrogens with zero attached hydrogens (tertiary/aromatic N) is 1. The Morgan fingerprint density at radius 3 is 2.02 bits per heavy atom. The third kappa shape index (κ3) is 5.23. The van der Waals surface area contributed by atoms with E-state index in [1.54, 1.807) is 92.0 Å². The number of carbonyl (C=O) groups is 3. The van der Waals surface area contributed by atoms with Crippen molar-refractivity contribution >= 4 is 35.1 Å². The van der Waals surface area contributed by atoms with Crippen molar-refractivity contribution in [2.24, 2.45) is 5.92 Å². The molecule has 0 saturated carbocycles. The zero-order chi connectivity index (χ0) is 30.0. The van der Waals surface area contributed by atoms with Crippen molar-refractivity contribution < 1.29 is 24.2 Å². The molecule has 0 spiro atoms. The van der Waals surface area contributed by atoms with Crippen LogP contribution in [0.15, 0.2) is 103 Å². The number of carboxylic acid groups (broad SMARTS) is 1. The Hall–Kier alpha value is -4.62. The molecular weight excluding hydrogens is 552 g/mol. The molecule has 42 heavy (non-hydrogen) atoms. The highest BCUT2D eigenvalue weighted by molar-refractivity contribution is 6.30. The Morgan fingerprint density at radius 1 is 0.857 bits per heavy atom. The van der Waals surface area contributed by atoms with Crippen LogP contribution in [0.3, 0.4) is 0 Å². The number of ketones is 1. The standard InChI is InChI=1S/C34H31ClN2O5/c1-21-9-17-26(18-10-21)36-33(41)37-30(23-13-19-27(42-3)20-14-23)28(31(38)24-7-5-4-6-8-24)29(34(37,2)32(39)40)22-11-15-25(35)16-12-22/h4-20,28-30H,1-3H3,(H,36,41)(H,39,40). The molecule has 4 atom stereocenters. The van der Waals surface area contributed by atoms with Gasteiger partial charge in [0.25, 0.3) is 0 Å². The maximum absolute atomic E-state index is 14.5. The minimum atomic E-state index is -1.83. The number of Topliss-reactive ketones (excluding diaryl/α,β-unsaturated/α-hetero) is 1. The molecule has 5 rings (SSSR count). The quantitative estimate of drug-likeness (QED) is 0.222. The summed E-state index contributed by atoms with van der Waals surface area (Å²) in [4.78, 5) is 43.4. The zero-order valence-corrected chi connectivity index (χ0v) is 24.2. The fourth-order valence-electron chi connectivity index (χ4n) is 5.97. The average molecular weight is 583 g/mol. The molecule has 0 bridgehead atoms. The molecule has 1 saturated heterocycles. The average Bonchev–Trinajstić information content (AvgIpc) is 3.29. The van der Waals surface area contributed by atoms with Gasteiger partial charge in [0.15, 0.2) is 5.78 Å². The van der Waals surface area contributed by atoms with E-state index >= 15 is 0 Å². The summed E-state index contributed by atoms with van der Waals surface area (Å²) < 4.78 is 5.35. The Morgan fingerprint density at radius 2 is 1.45 bits per heavy atom. The van der Waals surface area contributed by atoms with E-state index in [-0.39, 0.29) is 5.78 Å². The number of rotatable bonds is 7. The number of hydrogen-bond acceptors (Lipinski definition) is 4. The number of likely N-dealkylation sites (tertiary alicyclic amines) is 1. The highest BCUT2D eigenvalue weighted by Gasteiger charge is 2.65. The van der Waals surface area contributed by atoms with Gasteiger partial charge in [0, 0.05) is 22.2 Å². The van der Waals surface area contributed by atoms with Gasteiger partial charge in [-0.25, -0.2) is 9.59 Å². The highest BCUT2D eigenvalue weighted by atomic mass is 35.5. The van der Waals surface area contributed by atoms with E-state index in [2.05, 4.69) is 5.32 Å². The van der Waals surface area contributed by atoms with Gasteiger partial charge in [-0.2, -0.15) is 0 Å². The summed E-state index contributed by atoms with van der Waals surface area (Å²) in [6.07, 6.45) is 0. The number of urea groups is 1. The molecule has 1 heterocycles. The molecule has 8 heteroatoms. The maximum Gasteiger partial charge on any atom is 0.330 e. The van der Waals surface area contributed by atoms with Gasteiger partial charge in [0.05, 0.1) is 19.1 Å². The van der Waals surface area contributed by atoms with Gasteiger partial charge in [0.1, 0.15) is 11.3 Å². The van der Waals surface area contributed by atoms with Crippen molar-refractivity contribution in [2.45, 2.75) is 31.3 Å². The Labute approximate surface area is 249 Å². The number of methoxy groups -OCH3 is 1. The third-order valence-electron chi connectivity index (χ3n) is 8.09. The summed E-state index contributed by atoms with van der Waals surface area (Å²) in [7, 11) is 1.55. The lowest BCUT2D eigenvalue weighted by Crippen LogP contribution is -2.55. The second-order valence-electron chi connectivity index (χ2n) is 10.6. The molecule has 1 aliphatic rings. The summed E-state index contributed by atoms with van der Waals surface area (Å²) in [5.41, 5.74) is 1.30. The van der Waals surface area contributed by atoms with E-state index in [0.29, 0.717) is 33.1 Å². The van der Waals surface area contributed by atoms with E-state index in [4.69, 9.17) is 16.3 Å². The molecule has 2 N–H and O–H groups in total. The first-order valence-corrected chi connectivity index (χ1v) is 13.9. The van der Waals surface area contributed by atoms with Gasteiger partial charge in [0.2, 0.25) is 0 Å². The molecule has 0 aliphatic carbocycles. The van der Waals surface area contributed by atoms with Gasteiger partial charge in [-0.15, -0.1) is 0 Å². The number of aryl methyl sites for hydroxylation is 1. The highest BCUT2D eigenvalue weighted by Crippen LogP contribution is 2.56. The van der Waals surface area contributed by atoms with Crippen LogP contribution in [0.4, 0.5) is 10.5 Å². The van der Waals surface area contributed by atoms with Crippen LogP contribution in [-0.4, -0.2) is 40.4 Å². The van der Waals surface area contributed by atoms with Crippen LogP contribution >= 0.6 is 11.6 Å². The molecule has 4 aromatic rings. The Balaban J connectivity index is 1.76. The summed E-state index contributed by atoms with van der Waals surface area (Å²) in [6, 6.07) is 28.2. The lowest BCUT2D eigenvalue weighted by Gasteiger charge is -2.37. The van der Waals surface area contributed by atoms with E-state index < -0.39 is 35.4 Å². The van der Waals surface area contributed by atoms with Gasteiger partial charge in [-0.05, 0) is 61.4 Å². The molecular formula is C34H31ClN2O5. The third-order valence-corrected chi connectivity index (χ3v) is 8.34. The predicted molar refractivity (Wildman–Crippen MR) is 162 cm³/mol. The van der Waals surface area contributed by atoms with Gasteiger partial charge in [-0.1, -0.05) is 83.9 Å². The summed E-state index contributed by atoms with van der Waals surface area (Å²) in [5, 5.41) is 14.3. The topological polar surface area (TPSA) is 95.9 Å². The smallest absolute Gasteiger partial charge is 0.330 e. The fourth-order valence-corrected chi connectivity index (χ4v) is 6.10. The monoisotopic (exact) mass is 582 g/mol. The number of nitrogens with one attached hydrogen (secondary N) is 1. The molecule has 0 radical (unpaired) electrons. The first kappa shape index (κ1) is 28.9. The number of carboxylic acids is 1. The van der Waals surface area contributed by atoms with Crippen LogP contribution in [0.5, 0.6) is 5.75 Å². The molecule has 2 amide bonds. The minimum Gasteiger partial charge on any atom is -0.497 e. The Kier molecular flexibility index (Phi) is 8.05. The van der Waals surface area contributed by atoms with Crippen molar-refractivity contribution in [3.63, 3.8) is 0 Å². The minimum absolute atomic E-state index is 0.269. The van der Waals surface area contributed by atoms with Crippen molar-refractivity contribution in [2.75, 3.05) is 12.4 Å². The lowest BCUT2D eigenvalue weighted by atomic mass is 9.71. The second kappa shape index (κ2) is 11.7. The van der Waals surface area contributed by atoms with E-state index in [0.717, 1.165) is 5.56 Å². The van der Waals surface area contributed by atoms with Crippen LogP contribution in [0.1, 0.15) is 45.9 Å². The van der Waals surface area contributed by atoms with Crippen molar-refractivity contribution in [1.29, 1.82) is 0 Å². The van der Waals surface area contributed by atoms with Gasteiger partial charge in [-0.3, -0.25) is 9.69 Å². The number of hydrogen-bond donors (Lipinski definition) is 2. The predicted octanol–water partition coefficient (Wildman–Crippen LogP) is 7.37. The molecule has 7 nitrogen and oxygen atoms in total. The number of amides is 2. The van der Waals surface area contributed by atoms with E-state index in [1.165, 1.54) is 11.8 Å². The first-order chi connectivity index (χ1) is 20.1. The van der Waals surface area contributed by atoms with Crippen LogP contribution < -0.4 is 10.1 Å². The number of aliphatic carboxylic acids is 1. The molecule has 4 aromatic carbocycles. The van der Waals surface area contributed by atoms with Crippen LogP contribution in [0.2, 0.25) is 5.02 Å². The SMILES string of the molecule is COc1ccc(C2C(C(=O)c3ccccc3)C(c3ccc(Cl)cc3)C(C)(C(=O)O)N2C(=O)Nc2ccc(C)cc2)cc1. The number of carbonyl (C=O) groups excluding carboxylic acids is 2.